The number of nitriles is 1. The summed E-state index contributed by atoms with van der Waals surface area (Å²) < 4.78 is 23.2. The van der Waals surface area contributed by atoms with Crippen LogP contribution in [0.2, 0.25) is 0 Å². The zero-order chi connectivity index (χ0) is 18.3. The number of benzene rings is 1. The van der Waals surface area contributed by atoms with Crippen molar-refractivity contribution in [2.45, 2.75) is 26.3 Å². The van der Waals surface area contributed by atoms with E-state index < -0.39 is 36.4 Å². The molecule has 1 rings (SSSR count). The van der Waals surface area contributed by atoms with Gasteiger partial charge < -0.3 is 14.8 Å². The Bertz CT molecular complexity index is 660. The van der Waals surface area contributed by atoms with Crippen LogP contribution < -0.4 is 10.1 Å². The van der Waals surface area contributed by atoms with E-state index in [2.05, 4.69) is 21.2 Å². The van der Waals surface area contributed by atoms with Crippen molar-refractivity contribution in [2.75, 3.05) is 13.2 Å². The summed E-state index contributed by atoms with van der Waals surface area (Å²) in [6.45, 7) is 4.23. The van der Waals surface area contributed by atoms with Gasteiger partial charge in [-0.2, -0.15) is 5.26 Å². The Morgan fingerprint density at radius 1 is 1.42 bits per heavy atom. The van der Waals surface area contributed by atoms with Crippen LogP contribution in [0.3, 0.4) is 0 Å². The van der Waals surface area contributed by atoms with E-state index in [9.17, 15) is 14.0 Å². The Balaban J connectivity index is 2.44. The number of halogens is 2. The van der Waals surface area contributed by atoms with Crippen molar-refractivity contribution >= 4 is 27.8 Å². The number of ether oxygens (including phenoxy) is 2. The first-order valence-electron chi connectivity index (χ1n) is 7.13. The minimum Gasteiger partial charge on any atom is -0.481 e. The fourth-order valence-corrected chi connectivity index (χ4v) is 2.01. The maximum absolute atomic E-state index is 12.9. The Labute approximate surface area is 148 Å². The van der Waals surface area contributed by atoms with Crippen LogP contribution in [0.1, 0.15) is 20.8 Å². The molecule has 0 aliphatic carbocycles. The maximum Gasteiger partial charge on any atom is 0.344 e. The quantitative estimate of drug-likeness (QED) is 0.710. The number of carbonyl (C=O) groups excluding carboxylic acids is 2. The van der Waals surface area contributed by atoms with Gasteiger partial charge in [-0.25, -0.2) is 9.18 Å². The van der Waals surface area contributed by atoms with Gasteiger partial charge in [0.1, 0.15) is 17.1 Å². The van der Waals surface area contributed by atoms with Gasteiger partial charge in [-0.3, -0.25) is 4.79 Å². The lowest BCUT2D eigenvalue weighted by molar-refractivity contribution is -0.150. The van der Waals surface area contributed by atoms with E-state index in [0.29, 0.717) is 4.47 Å². The van der Waals surface area contributed by atoms with Crippen LogP contribution >= 0.6 is 15.9 Å². The molecule has 1 amide bonds. The molecule has 0 aliphatic rings. The van der Waals surface area contributed by atoms with Crippen molar-refractivity contribution in [1.82, 2.24) is 5.32 Å². The molecule has 1 aromatic carbocycles. The van der Waals surface area contributed by atoms with Gasteiger partial charge in [0, 0.05) is 0 Å². The molecule has 0 saturated carbocycles. The van der Waals surface area contributed by atoms with Gasteiger partial charge in [-0.1, -0.05) is 13.8 Å². The van der Waals surface area contributed by atoms with Crippen LogP contribution in [0.25, 0.3) is 0 Å². The lowest BCUT2D eigenvalue weighted by Crippen LogP contribution is -2.50. The molecule has 8 heteroatoms. The van der Waals surface area contributed by atoms with E-state index in [-0.39, 0.29) is 11.7 Å². The van der Waals surface area contributed by atoms with Gasteiger partial charge in [0.2, 0.25) is 0 Å². The average molecular weight is 401 g/mol. The summed E-state index contributed by atoms with van der Waals surface area (Å²) in [5.41, 5.74) is -1.04. The van der Waals surface area contributed by atoms with Crippen LogP contribution in [0, 0.1) is 23.1 Å². The molecule has 0 heterocycles. The van der Waals surface area contributed by atoms with Gasteiger partial charge in [0.05, 0.1) is 10.5 Å². The highest BCUT2D eigenvalue weighted by Crippen LogP contribution is 2.25. The van der Waals surface area contributed by atoms with Crippen LogP contribution in [0.15, 0.2) is 22.7 Å². The van der Waals surface area contributed by atoms with Crippen molar-refractivity contribution in [3.05, 3.63) is 28.5 Å². The normalized spacial score (nSPS) is 12.9. The van der Waals surface area contributed by atoms with Crippen LogP contribution in [-0.2, 0) is 14.3 Å². The maximum atomic E-state index is 12.9. The number of hydrogen-bond donors (Lipinski definition) is 1. The molecular formula is C16H18BrFN2O4. The Hall–Kier alpha value is -2.14. The third-order valence-electron chi connectivity index (χ3n) is 3.39. The summed E-state index contributed by atoms with van der Waals surface area (Å²) in [6.07, 6.45) is 0. The number of carbonyl (C=O) groups is 2. The second-order valence-electron chi connectivity index (χ2n) is 5.54. The van der Waals surface area contributed by atoms with Crippen LogP contribution in [-0.4, -0.2) is 30.6 Å². The third-order valence-corrected chi connectivity index (χ3v) is 4.01. The van der Waals surface area contributed by atoms with Crippen molar-refractivity contribution in [2.24, 2.45) is 5.92 Å². The predicted octanol–water partition coefficient (Wildman–Crippen LogP) is 2.56. The van der Waals surface area contributed by atoms with E-state index in [1.165, 1.54) is 18.2 Å². The molecule has 0 saturated heterocycles. The second kappa shape index (κ2) is 8.64. The SMILES string of the molecule is CC(C)[C@](C)(C#N)NC(=O)COC(=O)COc1ccc(F)cc1Br. The summed E-state index contributed by atoms with van der Waals surface area (Å²) in [7, 11) is 0. The fourth-order valence-electron chi connectivity index (χ4n) is 1.54. The molecule has 0 aliphatic heterocycles. The zero-order valence-electron chi connectivity index (χ0n) is 13.6. The van der Waals surface area contributed by atoms with E-state index >= 15 is 0 Å². The molecule has 0 unspecified atom stereocenters. The van der Waals surface area contributed by atoms with E-state index in [4.69, 9.17) is 14.7 Å². The topological polar surface area (TPSA) is 88.4 Å². The lowest BCUT2D eigenvalue weighted by Gasteiger charge is -2.27. The van der Waals surface area contributed by atoms with Crippen molar-refractivity contribution < 1.29 is 23.5 Å². The van der Waals surface area contributed by atoms with Crippen LogP contribution in [0.5, 0.6) is 5.75 Å². The number of esters is 1. The molecule has 0 spiro atoms. The second-order valence-corrected chi connectivity index (χ2v) is 6.40. The largest absolute Gasteiger partial charge is 0.481 e. The number of rotatable bonds is 7. The average Bonchev–Trinajstić information content (AvgIpc) is 2.51. The fraction of sp³-hybridized carbons (Fsp3) is 0.438. The molecule has 0 fully saturated rings. The van der Waals surface area contributed by atoms with Gasteiger partial charge in [-0.15, -0.1) is 0 Å². The Morgan fingerprint density at radius 3 is 2.62 bits per heavy atom. The molecule has 1 N–H and O–H groups in total. The van der Waals surface area contributed by atoms with Crippen molar-refractivity contribution in [1.29, 1.82) is 5.26 Å². The molecule has 0 radical (unpaired) electrons. The number of nitrogens with one attached hydrogen (secondary N) is 1. The van der Waals surface area contributed by atoms with Gasteiger partial charge in [0.25, 0.3) is 5.91 Å². The molecule has 1 aromatic rings. The number of amides is 1. The smallest absolute Gasteiger partial charge is 0.344 e. The first-order valence-corrected chi connectivity index (χ1v) is 7.93. The van der Waals surface area contributed by atoms with Gasteiger partial charge in [-0.05, 0) is 47.0 Å². The van der Waals surface area contributed by atoms with Gasteiger partial charge >= 0.3 is 5.97 Å². The molecule has 130 valence electrons. The van der Waals surface area contributed by atoms with Gasteiger partial charge in [0.15, 0.2) is 13.2 Å². The van der Waals surface area contributed by atoms with Crippen LogP contribution in [0.4, 0.5) is 4.39 Å². The Kier molecular flexibility index (Phi) is 7.17. The molecule has 0 aromatic heterocycles. The Morgan fingerprint density at radius 2 is 2.08 bits per heavy atom. The molecular weight excluding hydrogens is 383 g/mol. The third kappa shape index (κ3) is 5.81. The van der Waals surface area contributed by atoms with E-state index in [1.807, 2.05) is 6.07 Å². The van der Waals surface area contributed by atoms with E-state index in [0.717, 1.165) is 0 Å². The highest BCUT2D eigenvalue weighted by Gasteiger charge is 2.30. The van der Waals surface area contributed by atoms with E-state index in [1.54, 1.807) is 20.8 Å². The first-order chi connectivity index (χ1) is 11.2. The predicted molar refractivity (Wildman–Crippen MR) is 87.6 cm³/mol. The zero-order valence-corrected chi connectivity index (χ0v) is 15.1. The molecule has 1 atom stereocenters. The summed E-state index contributed by atoms with van der Waals surface area (Å²) in [4.78, 5) is 23.3. The summed E-state index contributed by atoms with van der Waals surface area (Å²) >= 11 is 3.10. The first kappa shape index (κ1) is 19.9. The highest BCUT2D eigenvalue weighted by molar-refractivity contribution is 9.10. The minimum atomic E-state index is -1.04. The summed E-state index contributed by atoms with van der Waals surface area (Å²) in [6, 6.07) is 5.77. The standard InChI is InChI=1S/C16H18BrFN2O4/c1-10(2)16(3,9-19)20-14(21)7-24-15(22)8-23-13-5-4-11(18)6-12(13)17/h4-6,10H,7-8H2,1-3H3,(H,20,21)/t16-/m0/s1. The monoisotopic (exact) mass is 400 g/mol. The van der Waals surface area contributed by atoms with Crippen molar-refractivity contribution in [3.63, 3.8) is 0 Å². The molecule has 0 bridgehead atoms. The molecule has 6 nitrogen and oxygen atoms in total. The number of hydrogen-bond acceptors (Lipinski definition) is 5. The minimum absolute atomic E-state index is 0.110. The molecule has 24 heavy (non-hydrogen) atoms. The number of nitrogens with zero attached hydrogens (tertiary/aromatic N) is 1. The lowest BCUT2D eigenvalue weighted by atomic mass is 9.90. The highest BCUT2D eigenvalue weighted by atomic mass is 79.9. The summed E-state index contributed by atoms with van der Waals surface area (Å²) in [5.74, 6) is -1.62. The summed E-state index contributed by atoms with van der Waals surface area (Å²) in [5, 5.41) is 11.6. The van der Waals surface area contributed by atoms with Crippen molar-refractivity contribution in [3.8, 4) is 11.8 Å².